The lowest BCUT2D eigenvalue weighted by Crippen LogP contribution is -1.97. The average molecular weight is 381 g/mol. The lowest BCUT2D eigenvalue weighted by atomic mass is 9.93. The van der Waals surface area contributed by atoms with Crippen LogP contribution in [0.2, 0.25) is 0 Å². The maximum Gasteiger partial charge on any atom is 0.0288 e. The van der Waals surface area contributed by atoms with Crippen LogP contribution in [-0.4, -0.2) is 0 Å². The zero-order valence-electron chi connectivity index (χ0n) is 14.4. The van der Waals surface area contributed by atoms with E-state index < -0.39 is 0 Å². The van der Waals surface area contributed by atoms with Crippen LogP contribution in [0.5, 0.6) is 0 Å². The van der Waals surface area contributed by atoms with Gasteiger partial charge in [-0.1, -0.05) is 65.0 Å². The van der Waals surface area contributed by atoms with E-state index in [0.717, 1.165) is 29.7 Å². The summed E-state index contributed by atoms with van der Waals surface area (Å²) in [5, 5.41) is 0. The summed E-state index contributed by atoms with van der Waals surface area (Å²) in [4.78, 5) is 0. The van der Waals surface area contributed by atoms with Crippen molar-refractivity contribution in [3.8, 4) is 11.8 Å². The van der Waals surface area contributed by atoms with Gasteiger partial charge in [0, 0.05) is 16.5 Å². The third-order valence-electron chi connectivity index (χ3n) is 4.93. The molecule has 0 bridgehead atoms. The van der Waals surface area contributed by atoms with Gasteiger partial charge in [0.1, 0.15) is 0 Å². The minimum Gasteiger partial charge on any atom is -0.0979 e. The highest BCUT2D eigenvalue weighted by Crippen LogP contribution is 2.36. The summed E-state index contributed by atoms with van der Waals surface area (Å²) >= 11 is 3.58. The molecule has 0 saturated heterocycles. The highest BCUT2D eigenvalue weighted by molar-refractivity contribution is 9.10. The monoisotopic (exact) mass is 380 g/mol. The lowest BCUT2D eigenvalue weighted by molar-refractivity contribution is 0.586. The van der Waals surface area contributed by atoms with E-state index >= 15 is 0 Å². The first-order valence-corrected chi connectivity index (χ1v) is 9.92. The minimum atomic E-state index is 0.756. The molecule has 0 N–H and O–H groups in total. The van der Waals surface area contributed by atoms with E-state index in [1.165, 1.54) is 36.8 Å². The van der Waals surface area contributed by atoms with Crippen LogP contribution >= 0.6 is 15.9 Å². The largest absolute Gasteiger partial charge is 0.0979 e. The SMILES string of the molecule is CCCC#Cc1cc(Br)ccc1CCCC1CCc2ccccc21. The van der Waals surface area contributed by atoms with E-state index in [0.29, 0.717) is 0 Å². The van der Waals surface area contributed by atoms with Gasteiger partial charge >= 0.3 is 0 Å². The second-order valence-electron chi connectivity index (χ2n) is 6.68. The van der Waals surface area contributed by atoms with Crippen molar-refractivity contribution in [1.29, 1.82) is 0 Å². The molecule has 0 heterocycles. The molecule has 24 heavy (non-hydrogen) atoms. The Kier molecular flexibility index (Phi) is 6.16. The van der Waals surface area contributed by atoms with Crippen molar-refractivity contribution in [1.82, 2.24) is 0 Å². The van der Waals surface area contributed by atoms with Crippen LogP contribution in [0.1, 0.15) is 67.2 Å². The van der Waals surface area contributed by atoms with Gasteiger partial charge in [0.05, 0.1) is 0 Å². The van der Waals surface area contributed by atoms with Gasteiger partial charge in [-0.05, 0) is 73.3 Å². The molecule has 2 aromatic carbocycles. The summed E-state index contributed by atoms with van der Waals surface area (Å²) in [6, 6.07) is 15.5. The van der Waals surface area contributed by atoms with Crippen molar-refractivity contribution in [2.75, 3.05) is 0 Å². The van der Waals surface area contributed by atoms with Gasteiger partial charge in [0.2, 0.25) is 0 Å². The van der Waals surface area contributed by atoms with Gasteiger partial charge in [-0.3, -0.25) is 0 Å². The molecule has 0 fully saturated rings. The van der Waals surface area contributed by atoms with Crippen molar-refractivity contribution in [2.45, 2.75) is 57.8 Å². The van der Waals surface area contributed by atoms with Crippen LogP contribution < -0.4 is 0 Å². The number of unbranched alkanes of at least 4 members (excludes halogenated alkanes) is 1. The predicted octanol–water partition coefficient (Wildman–Crippen LogP) is 6.65. The molecule has 0 spiro atoms. The predicted molar refractivity (Wildman–Crippen MR) is 106 cm³/mol. The molecule has 1 unspecified atom stereocenters. The Bertz CT molecular complexity index is 748. The Hall–Kier alpha value is -1.52. The number of rotatable bonds is 5. The second kappa shape index (κ2) is 8.54. The summed E-state index contributed by atoms with van der Waals surface area (Å²) in [6.45, 7) is 2.18. The molecular weight excluding hydrogens is 356 g/mol. The molecule has 2 aromatic rings. The van der Waals surface area contributed by atoms with E-state index in [1.54, 1.807) is 11.1 Å². The smallest absolute Gasteiger partial charge is 0.0288 e. The van der Waals surface area contributed by atoms with Crippen LogP contribution in [0.15, 0.2) is 46.9 Å². The third kappa shape index (κ3) is 4.31. The minimum absolute atomic E-state index is 0.756. The van der Waals surface area contributed by atoms with Gasteiger partial charge < -0.3 is 0 Å². The molecule has 1 aliphatic rings. The number of halogens is 1. The van der Waals surface area contributed by atoms with Gasteiger partial charge in [0.15, 0.2) is 0 Å². The standard InChI is InChI=1S/C23H25Br/c1-2-3-4-9-21-17-22(24)16-15-18(21)10-7-11-20-14-13-19-8-5-6-12-23(19)20/h5-6,8,12,15-17,20H,2-3,7,10-11,13-14H2,1H3. The summed E-state index contributed by atoms with van der Waals surface area (Å²) in [5.74, 6) is 7.42. The molecule has 124 valence electrons. The molecular formula is C23H25Br. The summed E-state index contributed by atoms with van der Waals surface area (Å²) < 4.78 is 1.12. The molecule has 0 nitrogen and oxygen atoms in total. The fourth-order valence-electron chi connectivity index (χ4n) is 3.65. The third-order valence-corrected chi connectivity index (χ3v) is 5.42. The molecule has 3 rings (SSSR count). The molecule has 0 aliphatic heterocycles. The van der Waals surface area contributed by atoms with E-state index in [1.807, 2.05) is 0 Å². The second-order valence-corrected chi connectivity index (χ2v) is 7.60. The zero-order valence-corrected chi connectivity index (χ0v) is 16.0. The summed E-state index contributed by atoms with van der Waals surface area (Å²) in [5.41, 5.74) is 5.76. The first-order chi connectivity index (χ1) is 11.8. The number of fused-ring (bicyclic) bond motifs is 1. The van der Waals surface area contributed by atoms with E-state index in [9.17, 15) is 0 Å². The summed E-state index contributed by atoms with van der Waals surface area (Å²) in [7, 11) is 0. The number of aryl methyl sites for hydroxylation is 2. The van der Waals surface area contributed by atoms with Crippen molar-refractivity contribution >= 4 is 15.9 Å². The Balaban J connectivity index is 1.62. The highest BCUT2D eigenvalue weighted by atomic mass is 79.9. The maximum absolute atomic E-state index is 3.58. The summed E-state index contributed by atoms with van der Waals surface area (Å²) in [6.07, 6.45) is 8.33. The van der Waals surface area contributed by atoms with E-state index in [4.69, 9.17) is 0 Å². The van der Waals surface area contributed by atoms with Crippen LogP contribution in [0.4, 0.5) is 0 Å². The van der Waals surface area contributed by atoms with Crippen LogP contribution in [-0.2, 0) is 12.8 Å². The quantitative estimate of drug-likeness (QED) is 0.509. The Labute approximate surface area is 154 Å². The van der Waals surface area contributed by atoms with Gasteiger partial charge in [0.25, 0.3) is 0 Å². The molecule has 1 aliphatic carbocycles. The van der Waals surface area contributed by atoms with Gasteiger partial charge in [-0.25, -0.2) is 0 Å². The van der Waals surface area contributed by atoms with E-state index in [2.05, 4.69) is 77.2 Å². The van der Waals surface area contributed by atoms with Crippen molar-refractivity contribution in [3.63, 3.8) is 0 Å². The first kappa shape index (κ1) is 17.3. The molecule has 0 aromatic heterocycles. The number of hydrogen-bond acceptors (Lipinski definition) is 0. The van der Waals surface area contributed by atoms with Crippen LogP contribution in [0.3, 0.4) is 0 Å². The fourth-order valence-corrected chi connectivity index (χ4v) is 4.01. The van der Waals surface area contributed by atoms with Crippen LogP contribution in [0, 0.1) is 11.8 Å². The molecule has 1 atom stereocenters. The lowest BCUT2D eigenvalue weighted by Gasteiger charge is -2.12. The molecule has 0 saturated carbocycles. The van der Waals surface area contributed by atoms with Crippen molar-refractivity contribution in [2.24, 2.45) is 0 Å². The maximum atomic E-state index is 3.58. The fraction of sp³-hybridized carbons (Fsp3) is 0.391. The van der Waals surface area contributed by atoms with Crippen LogP contribution in [0.25, 0.3) is 0 Å². The average Bonchev–Trinajstić information content (AvgIpc) is 3.00. The molecule has 0 radical (unpaired) electrons. The van der Waals surface area contributed by atoms with Gasteiger partial charge in [-0.15, -0.1) is 0 Å². The van der Waals surface area contributed by atoms with Gasteiger partial charge in [-0.2, -0.15) is 0 Å². The van der Waals surface area contributed by atoms with E-state index in [-0.39, 0.29) is 0 Å². The number of hydrogen-bond donors (Lipinski definition) is 0. The number of benzene rings is 2. The Morgan fingerprint density at radius 2 is 2.04 bits per heavy atom. The van der Waals surface area contributed by atoms with Crippen molar-refractivity contribution in [3.05, 3.63) is 69.2 Å². The van der Waals surface area contributed by atoms with Crippen molar-refractivity contribution < 1.29 is 0 Å². The first-order valence-electron chi connectivity index (χ1n) is 9.13. The zero-order chi connectivity index (χ0) is 16.8. The molecule has 0 amide bonds. The Morgan fingerprint density at radius 3 is 2.92 bits per heavy atom. The molecule has 1 heteroatoms. The highest BCUT2D eigenvalue weighted by Gasteiger charge is 2.21. The normalized spacial score (nSPS) is 15.7. The topological polar surface area (TPSA) is 0 Å². The Morgan fingerprint density at radius 1 is 1.17 bits per heavy atom.